The van der Waals surface area contributed by atoms with E-state index >= 15 is 0 Å². The van der Waals surface area contributed by atoms with E-state index in [1.54, 1.807) is 30.7 Å². The molecule has 9 heteroatoms. The van der Waals surface area contributed by atoms with Crippen molar-refractivity contribution in [2.24, 2.45) is 5.18 Å². The first-order valence-electron chi connectivity index (χ1n) is 10.8. The van der Waals surface area contributed by atoms with Crippen molar-refractivity contribution in [1.82, 2.24) is 14.5 Å². The van der Waals surface area contributed by atoms with Crippen LogP contribution in [-0.4, -0.2) is 42.9 Å². The van der Waals surface area contributed by atoms with Crippen LogP contribution in [0.5, 0.6) is 0 Å². The molecule has 0 aliphatic carbocycles. The molecule has 0 saturated heterocycles. The molecule has 178 valence electrons. The largest absolute Gasteiger partial charge is 0.392 e. The summed E-state index contributed by atoms with van der Waals surface area (Å²) in [4.78, 5) is 30.4. The fraction of sp³-hybridized carbons (Fsp3) is 0.320. The molecule has 0 radical (unpaired) electrons. The lowest BCUT2D eigenvalue weighted by atomic mass is 9.95. The molecule has 1 amide bonds. The van der Waals surface area contributed by atoms with Crippen molar-refractivity contribution in [2.75, 3.05) is 0 Å². The van der Waals surface area contributed by atoms with Crippen molar-refractivity contribution in [3.05, 3.63) is 71.4 Å². The number of aromatic nitrogens is 3. The Bertz CT molecular complexity index is 1170. The van der Waals surface area contributed by atoms with E-state index < -0.39 is 30.0 Å². The van der Waals surface area contributed by atoms with E-state index in [2.05, 4.69) is 10.2 Å². The van der Waals surface area contributed by atoms with Crippen LogP contribution in [0.4, 0.5) is 4.39 Å². The van der Waals surface area contributed by atoms with Crippen molar-refractivity contribution in [3.8, 4) is 22.5 Å². The Morgan fingerprint density at radius 2 is 1.76 bits per heavy atom. The van der Waals surface area contributed by atoms with Crippen molar-refractivity contribution >= 4 is 12.1 Å². The quantitative estimate of drug-likeness (QED) is 0.478. The molecular weight excluding hydrogens is 439 g/mol. The van der Waals surface area contributed by atoms with Crippen LogP contribution >= 0.6 is 0 Å². The summed E-state index contributed by atoms with van der Waals surface area (Å²) < 4.78 is 15.4. The number of rotatable bonds is 8. The molecule has 0 saturated carbocycles. The third-order valence-electron chi connectivity index (χ3n) is 5.14. The lowest BCUT2D eigenvalue weighted by Gasteiger charge is -2.19. The van der Waals surface area contributed by atoms with Gasteiger partial charge >= 0.3 is 0 Å². The number of nitroso groups, excluding NO2 is 1. The maximum Gasteiger partial charge on any atom is 0.288 e. The van der Waals surface area contributed by atoms with Gasteiger partial charge in [0.2, 0.25) is 0 Å². The molecule has 0 spiro atoms. The van der Waals surface area contributed by atoms with Gasteiger partial charge in [0.1, 0.15) is 11.6 Å². The second kappa shape index (κ2) is 10.6. The molecule has 3 aromatic rings. The molecule has 2 N–H and O–H groups in total. The van der Waals surface area contributed by atoms with Crippen LogP contribution in [-0.2, 0) is 10.2 Å². The van der Waals surface area contributed by atoms with Gasteiger partial charge in [-0.15, -0.1) is 4.91 Å². The predicted molar refractivity (Wildman–Crippen MR) is 127 cm³/mol. The van der Waals surface area contributed by atoms with Crippen LogP contribution < -0.4 is 0 Å². The van der Waals surface area contributed by atoms with Gasteiger partial charge in [0.15, 0.2) is 0 Å². The number of nitrogens with zero attached hydrogens (tertiary/aromatic N) is 4. The highest BCUT2D eigenvalue weighted by atomic mass is 19.1. The predicted octanol–water partition coefficient (Wildman–Crippen LogP) is 4.31. The summed E-state index contributed by atoms with van der Waals surface area (Å²) in [5.41, 5.74) is 2.51. The zero-order chi connectivity index (χ0) is 24.9. The maximum absolute atomic E-state index is 13.6. The Balaban J connectivity index is 2.09. The highest BCUT2D eigenvalue weighted by Crippen LogP contribution is 2.36. The SMILES string of the molecule is CC(C)(C)c1nc(-c2ccc(F)cc2)c(-c2ccncc2)n1/C=C/[C@@H](O)C[C@@H](O)CC(=O)N=O. The fourth-order valence-electron chi connectivity index (χ4n) is 3.57. The van der Waals surface area contributed by atoms with Crippen LogP contribution in [0.25, 0.3) is 28.7 Å². The van der Waals surface area contributed by atoms with Crippen LogP contribution in [0.15, 0.2) is 60.0 Å². The molecule has 1 aromatic carbocycles. The molecule has 0 fully saturated rings. The third-order valence-corrected chi connectivity index (χ3v) is 5.14. The molecule has 2 atom stereocenters. The van der Waals surface area contributed by atoms with Crippen molar-refractivity contribution in [3.63, 3.8) is 0 Å². The molecule has 2 aromatic heterocycles. The van der Waals surface area contributed by atoms with E-state index in [0.717, 1.165) is 16.8 Å². The van der Waals surface area contributed by atoms with Gasteiger partial charge in [0, 0.05) is 46.7 Å². The number of benzene rings is 1. The summed E-state index contributed by atoms with van der Waals surface area (Å²) in [5, 5.41) is 22.6. The van der Waals surface area contributed by atoms with Gasteiger partial charge in [0.25, 0.3) is 5.91 Å². The summed E-state index contributed by atoms with van der Waals surface area (Å²) >= 11 is 0. The van der Waals surface area contributed by atoms with Crippen LogP contribution in [0, 0.1) is 10.7 Å². The van der Waals surface area contributed by atoms with Gasteiger partial charge in [0.05, 0.1) is 30.0 Å². The summed E-state index contributed by atoms with van der Waals surface area (Å²) in [7, 11) is 0. The first-order valence-corrected chi connectivity index (χ1v) is 10.8. The molecule has 0 aliphatic rings. The smallest absolute Gasteiger partial charge is 0.288 e. The van der Waals surface area contributed by atoms with E-state index in [1.165, 1.54) is 18.2 Å². The summed E-state index contributed by atoms with van der Waals surface area (Å²) in [6, 6.07) is 9.73. The van der Waals surface area contributed by atoms with Gasteiger partial charge in [-0.05, 0) is 42.5 Å². The Kier molecular flexibility index (Phi) is 7.80. The molecule has 2 heterocycles. The molecule has 8 nitrogen and oxygen atoms in total. The van der Waals surface area contributed by atoms with Gasteiger partial charge < -0.3 is 14.8 Å². The third kappa shape index (κ3) is 6.06. The monoisotopic (exact) mass is 466 g/mol. The van der Waals surface area contributed by atoms with E-state index in [0.29, 0.717) is 11.5 Å². The average molecular weight is 467 g/mol. The zero-order valence-corrected chi connectivity index (χ0v) is 19.2. The second-order valence-corrected chi connectivity index (χ2v) is 8.98. The van der Waals surface area contributed by atoms with E-state index in [9.17, 15) is 24.3 Å². The average Bonchev–Trinajstić information content (AvgIpc) is 3.18. The lowest BCUT2D eigenvalue weighted by Crippen LogP contribution is -2.20. The second-order valence-electron chi connectivity index (χ2n) is 8.98. The minimum Gasteiger partial charge on any atom is -0.392 e. The van der Waals surface area contributed by atoms with Crippen molar-refractivity contribution in [2.45, 2.75) is 51.2 Å². The Hall–Kier alpha value is -3.56. The highest BCUT2D eigenvalue weighted by Gasteiger charge is 2.27. The fourth-order valence-corrected chi connectivity index (χ4v) is 3.57. The first kappa shape index (κ1) is 25.1. The summed E-state index contributed by atoms with van der Waals surface area (Å²) in [5.74, 6) is -0.630. The molecular formula is C25H27FN4O4. The minimum atomic E-state index is -1.20. The molecule has 0 bridgehead atoms. The number of hydrogen-bond donors (Lipinski definition) is 2. The first-order chi connectivity index (χ1) is 16.1. The molecule has 34 heavy (non-hydrogen) atoms. The number of aliphatic hydroxyl groups is 2. The number of hydrogen-bond acceptors (Lipinski definition) is 6. The van der Waals surface area contributed by atoms with E-state index in [4.69, 9.17) is 4.98 Å². The molecule has 0 unspecified atom stereocenters. The maximum atomic E-state index is 13.6. The van der Waals surface area contributed by atoms with E-state index in [-0.39, 0.29) is 12.2 Å². The standard InChI is InChI=1S/C25H27FN4O4/c1-25(2,3)24-28-22(16-4-6-18(26)7-5-16)23(17-8-11-27-12-9-17)30(24)13-10-19(31)14-20(32)15-21(33)29-34/h4-13,19-20,31-32H,14-15H2,1-3H3/b13-10+/t19-,20-/m1/s1. The Labute approximate surface area is 196 Å². The minimum absolute atomic E-state index is 0.146. The van der Waals surface area contributed by atoms with Crippen molar-refractivity contribution in [1.29, 1.82) is 0 Å². The molecule has 3 rings (SSSR count). The Morgan fingerprint density at radius 3 is 2.35 bits per heavy atom. The number of amides is 1. The highest BCUT2D eigenvalue weighted by molar-refractivity contribution is 5.80. The number of aliphatic hydroxyl groups excluding tert-OH is 2. The lowest BCUT2D eigenvalue weighted by molar-refractivity contribution is -0.120. The Morgan fingerprint density at radius 1 is 1.12 bits per heavy atom. The van der Waals surface area contributed by atoms with Gasteiger partial charge in [-0.3, -0.25) is 9.78 Å². The molecule has 0 aliphatic heterocycles. The van der Waals surface area contributed by atoms with Gasteiger partial charge in [-0.25, -0.2) is 9.37 Å². The van der Waals surface area contributed by atoms with Crippen LogP contribution in [0.3, 0.4) is 0 Å². The topological polar surface area (TPSA) is 118 Å². The van der Waals surface area contributed by atoms with Crippen LogP contribution in [0.2, 0.25) is 0 Å². The normalized spacial score (nSPS) is 13.7. The summed E-state index contributed by atoms with van der Waals surface area (Å²) in [6.45, 7) is 6.01. The zero-order valence-electron chi connectivity index (χ0n) is 19.2. The number of carbonyl (C=O) groups is 1. The number of imidazole rings is 1. The van der Waals surface area contributed by atoms with Gasteiger partial charge in [-0.1, -0.05) is 20.8 Å². The number of halogens is 1. The van der Waals surface area contributed by atoms with Gasteiger partial charge in [-0.2, -0.15) is 0 Å². The van der Waals surface area contributed by atoms with Crippen LogP contribution in [0.1, 0.15) is 39.4 Å². The van der Waals surface area contributed by atoms with E-state index in [1.807, 2.05) is 37.5 Å². The number of carbonyl (C=O) groups excluding carboxylic acids is 1. The summed E-state index contributed by atoms with van der Waals surface area (Å²) in [6.07, 6.45) is 3.56. The van der Waals surface area contributed by atoms with Crippen molar-refractivity contribution < 1.29 is 19.4 Å². The number of pyridine rings is 1.